The molecule has 0 aromatic rings. The van der Waals surface area contributed by atoms with Gasteiger partial charge in [-0.15, -0.1) is 0 Å². The first-order valence-corrected chi connectivity index (χ1v) is 3.62. The van der Waals surface area contributed by atoms with Gasteiger partial charge >= 0.3 is 0 Å². The fraction of sp³-hybridized carbons (Fsp3) is 0.800. The molecule has 0 fully saturated rings. The summed E-state index contributed by atoms with van der Waals surface area (Å²) in [6.07, 6.45) is 0. The normalized spacial score (nSPS) is 9.88. The molecule has 0 aromatic carbocycles. The first kappa shape index (κ1) is 7.82. The maximum atomic E-state index is 6.84. The molecule has 0 aliphatic heterocycles. The topological polar surface area (TPSA) is 49.9 Å². The average molecular weight is 132 g/mol. The molecule has 2 nitrogen and oxygen atoms in total. The van der Waals surface area contributed by atoms with Crippen molar-refractivity contribution >= 4 is 17.6 Å². The summed E-state index contributed by atoms with van der Waals surface area (Å²) in [6, 6.07) is 0. The molecule has 0 bridgehead atoms. The lowest BCUT2D eigenvalue weighted by atomic mass is 10.6. The smallest absolute Gasteiger partial charge is 0.101 e. The minimum Gasteiger partial charge on any atom is -0.387 e. The molecular weight excluding hydrogens is 120 g/mol. The van der Waals surface area contributed by atoms with Gasteiger partial charge in [0, 0.05) is 0 Å². The van der Waals surface area contributed by atoms with Gasteiger partial charge in [-0.1, -0.05) is 13.8 Å². The van der Waals surface area contributed by atoms with Gasteiger partial charge in [-0.25, -0.2) is 0 Å². The summed E-state index contributed by atoms with van der Waals surface area (Å²) >= 11 is 1.69. The van der Waals surface area contributed by atoms with E-state index in [9.17, 15) is 0 Å². The molecule has 3 heteroatoms. The molecule has 0 rings (SSSR count). The number of amidine groups is 1. The van der Waals surface area contributed by atoms with Gasteiger partial charge in [0.25, 0.3) is 0 Å². The average Bonchev–Trinajstić information content (AvgIpc) is 1.61. The van der Waals surface area contributed by atoms with Crippen LogP contribution in [0.2, 0.25) is 0 Å². The third-order valence-corrected chi connectivity index (χ3v) is 1.72. The van der Waals surface area contributed by atoms with Crippen molar-refractivity contribution in [1.29, 1.82) is 5.41 Å². The maximum Gasteiger partial charge on any atom is 0.101 e. The molecule has 0 atom stereocenters. The standard InChI is InChI=1S/C5H12N2S/c1-4(2)8-3-5(6)7/h4H,3H2,1-2H3,(H3,6,7). The molecule has 0 aromatic heterocycles. The van der Waals surface area contributed by atoms with Crippen LogP contribution in [0.4, 0.5) is 0 Å². The van der Waals surface area contributed by atoms with Gasteiger partial charge in [0.2, 0.25) is 0 Å². The van der Waals surface area contributed by atoms with Gasteiger partial charge in [-0.05, 0) is 5.25 Å². The summed E-state index contributed by atoms with van der Waals surface area (Å²) in [4.78, 5) is 0. The highest BCUT2D eigenvalue weighted by Gasteiger charge is 1.93. The summed E-state index contributed by atoms with van der Waals surface area (Å²) in [7, 11) is 0. The summed E-state index contributed by atoms with van der Waals surface area (Å²) in [5.74, 6) is 0.932. The number of rotatable bonds is 3. The van der Waals surface area contributed by atoms with Crippen LogP contribution in [0, 0.1) is 5.41 Å². The third-order valence-electron chi connectivity index (χ3n) is 0.572. The predicted molar refractivity (Wildman–Crippen MR) is 39.5 cm³/mol. The maximum absolute atomic E-state index is 6.84. The van der Waals surface area contributed by atoms with E-state index in [1.165, 1.54) is 0 Å². The van der Waals surface area contributed by atoms with Gasteiger partial charge in [0.1, 0.15) is 5.84 Å². The molecular formula is C5H12N2S. The van der Waals surface area contributed by atoms with Gasteiger partial charge in [-0.2, -0.15) is 11.8 Å². The zero-order valence-corrected chi connectivity index (χ0v) is 6.09. The lowest BCUT2D eigenvalue weighted by Gasteiger charge is -2.00. The van der Waals surface area contributed by atoms with Crippen LogP contribution in [-0.2, 0) is 0 Å². The van der Waals surface area contributed by atoms with E-state index < -0.39 is 0 Å². The van der Waals surface area contributed by atoms with Crippen LogP contribution in [0.15, 0.2) is 0 Å². The van der Waals surface area contributed by atoms with Crippen molar-refractivity contribution < 1.29 is 0 Å². The van der Waals surface area contributed by atoms with Crippen molar-refractivity contribution in [1.82, 2.24) is 0 Å². The lowest BCUT2D eigenvalue weighted by Crippen LogP contribution is -2.13. The van der Waals surface area contributed by atoms with Crippen molar-refractivity contribution in [3.8, 4) is 0 Å². The number of thioether (sulfide) groups is 1. The van der Waals surface area contributed by atoms with E-state index in [1.807, 2.05) is 0 Å². The summed E-state index contributed by atoms with van der Waals surface area (Å²) in [6.45, 7) is 4.18. The quantitative estimate of drug-likeness (QED) is 0.445. The Morgan fingerprint density at radius 3 is 2.38 bits per heavy atom. The molecule has 0 heterocycles. The fourth-order valence-electron chi connectivity index (χ4n) is 0.256. The Bertz CT molecular complexity index is 80.5. The molecule has 8 heavy (non-hydrogen) atoms. The molecule has 0 spiro atoms. The monoisotopic (exact) mass is 132 g/mol. The summed E-state index contributed by atoms with van der Waals surface area (Å²) in [5, 5.41) is 7.43. The van der Waals surface area contributed by atoms with Crippen molar-refractivity contribution in [3.63, 3.8) is 0 Å². The Morgan fingerprint density at radius 2 is 2.25 bits per heavy atom. The van der Waals surface area contributed by atoms with Crippen LogP contribution in [0.5, 0.6) is 0 Å². The van der Waals surface area contributed by atoms with Crippen LogP contribution >= 0.6 is 11.8 Å². The van der Waals surface area contributed by atoms with E-state index in [0.29, 0.717) is 11.0 Å². The number of hydrogen-bond donors (Lipinski definition) is 2. The van der Waals surface area contributed by atoms with Gasteiger partial charge in [0.15, 0.2) is 0 Å². The highest BCUT2D eigenvalue weighted by atomic mass is 32.2. The van der Waals surface area contributed by atoms with E-state index >= 15 is 0 Å². The van der Waals surface area contributed by atoms with Crippen molar-refractivity contribution in [3.05, 3.63) is 0 Å². The SMILES string of the molecule is CC(C)SCC(=N)N. The number of hydrogen-bond acceptors (Lipinski definition) is 2. The van der Waals surface area contributed by atoms with Crippen molar-refractivity contribution in [2.24, 2.45) is 5.73 Å². The van der Waals surface area contributed by atoms with E-state index in [-0.39, 0.29) is 5.84 Å². The van der Waals surface area contributed by atoms with Gasteiger partial charge in [0.05, 0.1) is 5.75 Å². The highest BCUT2D eigenvalue weighted by Crippen LogP contribution is 2.06. The largest absolute Gasteiger partial charge is 0.387 e. The Hall–Kier alpha value is -0.180. The van der Waals surface area contributed by atoms with Crippen LogP contribution in [0.25, 0.3) is 0 Å². The zero-order valence-electron chi connectivity index (χ0n) is 5.27. The van der Waals surface area contributed by atoms with E-state index in [0.717, 1.165) is 0 Å². The number of nitrogens with two attached hydrogens (primary N) is 1. The second kappa shape index (κ2) is 3.78. The first-order valence-electron chi connectivity index (χ1n) is 2.57. The molecule has 0 saturated carbocycles. The Kier molecular flexibility index (Phi) is 3.69. The van der Waals surface area contributed by atoms with E-state index in [2.05, 4.69) is 13.8 Å². The fourth-order valence-corrected chi connectivity index (χ4v) is 0.769. The van der Waals surface area contributed by atoms with Crippen molar-refractivity contribution in [2.75, 3.05) is 5.75 Å². The zero-order chi connectivity index (χ0) is 6.57. The predicted octanol–water partition coefficient (Wildman–Crippen LogP) is 1.06. The summed E-state index contributed by atoms with van der Waals surface area (Å²) in [5.41, 5.74) is 5.10. The van der Waals surface area contributed by atoms with Gasteiger partial charge < -0.3 is 5.73 Å². The van der Waals surface area contributed by atoms with Gasteiger partial charge in [-0.3, -0.25) is 5.41 Å². The second-order valence-corrected chi connectivity index (χ2v) is 3.45. The lowest BCUT2D eigenvalue weighted by molar-refractivity contribution is 1.11. The Labute approximate surface area is 54.3 Å². The molecule has 0 unspecified atom stereocenters. The molecule has 3 N–H and O–H groups in total. The minimum absolute atomic E-state index is 0.267. The molecule has 0 aliphatic carbocycles. The Balaban J connectivity index is 3.05. The van der Waals surface area contributed by atoms with Crippen LogP contribution < -0.4 is 5.73 Å². The molecule has 0 amide bonds. The van der Waals surface area contributed by atoms with Crippen LogP contribution in [0.1, 0.15) is 13.8 Å². The number of nitrogens with one attached hydrogen (secondary N) is 1. The van der Waals surface area contributed by atoms with E-state index in [1.54, 1.807) is 11.8 Å². The first-order chi connectivity index (χ1) is 3.63. The van der Waals surface area contributed by atoms with Crippen LogP contribution in [0.3, 0.4) is 0 Å². The minimum atomic E-state index is 0.267. The van der Waals surface area contributed by atoms with E-state index in [4.69, 9.17) is 11.1 Å². The molecule has 0 saturated heterocycles. The Morgan fingerprint density at radius 1 is 1.75 bits per heavy atom. The summed E-state index contributed by atoms with van der Waals surface area (Å²) < 4.78 is 0. The molecule has 0 aliphatic rings. The highest BCUT2D eigenvalue weighted by molar-refractivity contribution is 8.00. The molecule has 0 radical (unpaired) electrons. The second-order valence-electron chi connectivity index (χ2n) is 1.88. The van der Waals surface area contributed by atoms with Crippen molar-refractivity contribution in [2.45, 2.75) is 19.1 Å². The molecule has 48 valence electrons. The third kappa shape index (κ3) is 5.82. The van der Waals surface area contributed by atoms with Crippen LogP contribution in [-0.4, -0.2) is 16.8 Å².